The van der Waals surface area contributed by atoms with E-state index in [0.29, 0.717) is 33.5 Å². The van der Waals surface area contributed by atoms with Gasteiger partial charge in [-0.05, 0) is 37.3 Å². The number of anilines is 1. The van der Waals surface area contributed by atoms with Gasteiger partial charge in [0, 0.05) is 16.5 Å². The van der Waals surface area contributed by atoms with Crippen LogP contribution in [0.4, 0.5) is 5.69 Å². The minimum Gasteiger partial charge on any atom is -0.497 e. The van der Waals surface area contributed by atoms with Gasteiger partial charge in [-0.25, -0.2) is 4.79 Å². The number of nitrogens with one attached hydrogen (secondary N) is 1. The van der Waals surface area contributed by atoms with Gasteiger partial charge in [-0.15, -0.1) is 0 Å². The molecule has 0 bridgehead atoms. The number of ketones is 1. The van der Waals surface area contributed by atoms with E-state index in [1.54, 1.807) is 49.4 Å². The summed E-state index contributed by atoms with van der Waals surface area (Å²) in [4.78, 5) is 27.8. The third-order valence-corrected chi connectivity index (χ3v) is 3.99. The lowest BCUT2D eigenvalue weighted by Gasteiger charge is -2.05. The Morgan fingerprint density at radius 2 is 1.92 bits per heavy atom. The van der Waals surface area contributed by atoms with Crippen molar-refractivity contribution in [2.75, 3.05) is 12.8 Å². The van der Waals surface area contributed by atoms with Crippen LogP contribution >= 0.6 is 11.6 Å². The summed E-state index contributed by atoms with van der Waals surface area (Å²) in [6.45, 7) is 1.55. The van der Waals surface area contributed by atoms with E-state index in [0.717, 1.165) is 0 Å². The van der Waals surface area contributed by atoms with Crippen LogP contribution in [0.25, 0.3) is 10.9 Å². The molecule has 0 fully saturated rings. The number of esters is 1. The molecular weight excluding hydrogens is 356 g/mol. The number of methoxy groups -OCH3 is 1. The molecule has 6 nitrogen and oxygen atoms in total. The lowest BCUT2D eigenvalue weighted by molar-refractivity contribution is 0.0472. The molecule has 0 saturated heterocycles. The molecule has 0 amide bonds. The van der Waals surface area contributed by atoms with Crippen molar-refractivity contribution in [3.63, 3.8) is 0 Å². The third kappa shape index (κ3) is 3.36. The number of fused-ring (bicyclic) bond motifs is 1. The van der Waals surface area contributed by atoms with Gasteiger partial charge in [-0.2, -0.15) is 0 Å². The molecule has 1 heterocycles. The number of benzene rings is 2. The second-order valence-electron chi connectivity index (χ2n) is 5.68. The van der Waals surface area contributed by atoms with Gasteiger partial charge in [-0.1, -0.05) is 23.7 Å². The SMILES string of the molecule is COc1cccc(C(=O)c2[nH]c3cc(C(=O)OC(C)Cl)ccc3c2N)c1. The van der Waals surface area contributed by atoms with Crippen LogP contribution in [0.15, 0.2) is 42.5 Å². The molecule has 0 saturated carbocycles. The van der Waals surface area contributed by atoms with Crippen molar-refractivity contribution >= 4 is 39.9 Å². The zero-order valence-electron chi connectivity index (χ0n) is 14.2. The molecule has 1 unspecified atom stereocenters. The van der Waals surface area contributed by atoms with Crippen molar-refractivity contribution in [3.05, 3.63) is 59.3 Å². The van der Waals surface area contributed by atoms with Crippen LogP contribution in [0.3, 0.4) is 0 Å². The average Bonchev–Trinajstić information content (AvgIpc) is 2.96. The number of rotatable bonds is 5. The molecule has 26 heavy (non-hydrogen) atoms. The number of halogens is 1. The maximum atomic E-state index is 12.8. The highest BCUT2D eigenvalue weighted by Gasteiger charge is 2.19. The predicted molar refractivity (Wildman–Crippen MR) is 99.9 cm³/mol. The highest BCUT2D eigenvalue weighted by Crippen LogP contribution is 2.28. The molecule has 1 atom stereocenters. The molecule has 3 N–H and O–H groups in total. The smallest absolute Gasteiger partial charge is 0.339 e. The van der Waals surface area contributed by atoms with Crippen LogP contribution in [-0.4, -0.2) is 29.4 Å². The Balaban J connectivity index is 2.00. The lowest BCUT2D eigenvalue weighted by atomic mass is 10.1. The van der Waals surface area contributed by atoms with E-state index >= 15 is 0 Å². The average molecular weight is 373 g/mol. The Kier molecular flexibility index (Phi) is 4.86. The fourth-order valence-electron chi connectivity index (χ4n) is 2.65. The van der Waals surface area contributed by atoms with Gasteiger partial charge in [0.2, 0.25) is 5.78 Å². The Bertz CT molecular complexity index is 994. The van der Waals surface area contributed by atoms with Crippen LogP contribution in [-0.2, 0) is 4.74 Å². The third-order valence-electron chi connectivity index (χ3n) is 3.90. The zero-order chi connectivity index (χ0) is 18.8. The monoisotopic (exact) mass is 372 g/mol. The Labute approximate surface area is 154 Å². The normalized spacial score (nSPS) is 12.0. The number of aromatic nitrogens is 1. The highest BCUT2D eigenvalue weighted by molar-refractivity contribution is 6.20. The summed E-state index contributed by atoms with van der Waals surface area (Å²) in [5, 5.41) is 0.645. The van der Waals surface area contributed by atoms with E-state index < -0.39 is 11.5 Å². The Morgan fingerprint density at radius 3 is 2.62 bits per heavy atom. The maximum absolute atomic E-state index is 12.8. The molecule has 3 rings (SSSR count). The first-order valence-electron chi connectivity index (χ1n) is 7.85. The number of nitrogens with two attached hydrogens (primary N) is 1. The fraction of sp³-hybridized carbons (Fsp3) is 0.158. The van der Waals surface area contributed by atoms with E-state index in [9.17, 15) is 9.59 Å². The zero-order valence-corrected chi connectivity index (χ0v) is 15.0. The molecule has 0 aliphatic rings. The quantitative estimate of drug-likeness (QED) is 0.404. The van der Waals surface area contributed by atoms with Crippen LogP contribution in [0, 0.1) is 0 Å². The van der Waals surface area contributed by atoms with Gasteiger partial charge < -0.3 is 20.2 Å². The number of H-pyrrole nitrogens is 1. The molecule has 0 aliphatic carbocycles. The molecule has 3 aromatic rings. The van der Waals surface area contributed by atoms with Gasteiger partial charge >= 0.3 is 5.97 Å². The van der Waals surface area contributed by atoms with Crippen molar-refractivity contribution in [1.29, 1.82) is 0 Å². The maximum Gasteiger partial charge on any atom is 0.339 e. The Hall–Kier alpha value is -2.99. The number of carbonyl (C=O) groups excluding carboxylic acids is 2. The van der Waals surface area contributed by atoms with Crippen LogP contribution in [0.1, 0.15) is 33.3 Å². The van der Waals surface area contributed by atoms with Crippen molar-refractivity contribution in [2.45, 2.75) is 12.5 Å². The van der Waals surface area contributed by atoms with E-state index in [1.165, 1.54) is 7.11 Å². The topological polar surface area (TPSA) is 94.4 Å². The van der Waals surface area contributed by atoms with Gasteiger partial charge in [0.05, 0.1) is 18.4 Å². The second kappa shape index (κ2) is 7.09. The van der Waals surface area contributed by atoms with E-state index in [-0.39, 0.29) is 11.5 Å². The van der Waals surface area contributed by atoms with Crippen LogP contribution in [0.2, 0.25) is 0 Å². The number of aromatic amines is 1. The summed E-state index contributed by atoms with van der Waals surface area (Å²) in [5.74, 6) is -0.245. The van der Waals surface area contributed by atoms with Crippen LogP contribution in [0.5, 0.6) is 5.75 Å². The minimum absolute atomic E-state index is 0.254. The van der Waals surface area contributed by atoms with Crippen molar-refractivity contribution in [2.24, 2.45) is 0 Å². The predicted octanol–water partition coefficient (Wildman–Crippen LogP) is 3.73. The first-order valence-corrected chi connectivity index (χ1v) is 8.29. The minimum atomic E-state index is -0.739. The number of ether oxygens (including phenoxy) is 2. The Morgan fingerprint density at radius 1 is 1.15 bits per heavy atom. The van der Waals surface area contributed by atoms with Crippen LogP contribution < -0.4 is 10.5 Å². The van der Waals surface area contributed by atoms with Gasteiger partial charge in [0.25, 0.3) is 0 Å². The van der Waals surface area contributed by atoms with Crippen molar-refractivity contribution in [1.82, 2.24) is 4.98 Å². The summed E-state index contributed by atoms with van der Waals surface area (Å²) in [6, 6.07) is 11.6. The molecule has 0 radical (unpaired) electrons. The van der Waals surface area contributed by atoms with Crippen molar-refractivity contribution < 1.29 is 19.1 Å². The summed E-state index contributed by atoms with van der Waals surface area (Å²) in [5.41, 5.74) is 7.28. The number of hydrogen-bond acceptors (Lipinski definition) is 5. The first-order chi connectivity index (χ1) is 12.4. The summed E-state index contributed by atoms with van der Waals surface area (Å²) in [7, 11) is 1.53. The summed E-state index contributed by atoms with van der Waals surface area (Å²) < 4.78 is 10.1. The van der Waals surface area contributed by atoms with E-state index in [4.69, 9.17) is 26.8 Å². The number of hydrogen-bond donors (Lipinski definition) is 2. The summed E-state index contributed by atoms with van der Waals surface area (Å²) in [6.07, 6.45) is 0. The molecule has 0 aliphatic heterocycles. The molecule has 7 heteroatoms. The van der Waals surface area contributed by atoms with E-state index in [1.807, 2.05) is 0 Å². The molecule has 0 spiro atoms. The largest absolute Gasteiger partial charge is 0.497 e. The fourth-order valence-corrected chi connectivity index (χ4v) is 2.73. The lowest BCUT2D eigenvalue weighted by Crippen LogP contribution is -2.09. The standard InChI is InChI=1S/C19H17ClN2O4/c1-10(20)26-19(24)12-6-7-14-15(9-12)22-17(16(14)21)18(23)11-4-3-5-13(8-11)25-2/h3-10,22H,21H2,1-2H3. The number of nitrogen functional groups attached to an aromatic ring is 1. The van der Waals surface area contributed by atoms with Gasteiger partial charge in [-0.3, -0.25) is 4.79 Å². The summed E-state index contributed by atoms with van der Waals surface area (Å²) >= 11 is 5.68. The molecular formula is C19H17ClN2O4. The molecule has 1 aromatic heterocycles. The van der Waals surface area contributed by atoms with Gasteiger partial charge in [0.1, 0.15) is 11.4 Å². The number of alkyl halides is 1. The second-order valence-corrected chi connectivity index (χ2v) is 6.30. The van der Waals surface area contributed by atoms with E-state index in [2.05, 4.69) is 4.98 Å². The first kappa shape index (κ1) is 17.8. The molecule has 2 aromatic carbocycles. The van der Waals surface area contributed by atoms with Crippen molar-refractivity contribution in [3.8, 4) is 5.75 Å². The number of carbonyl (C=O) groups is 2. The molecule has 134 valence electrons. The van der Waals surface area contributed by atoms with Gasteiger partial charge in [0.15, 0.2) is 5.56 Å². The highest BCUT2D eigenvalue weighted by atomic mass is 35.5.